The lowest BCUT2D eigenvalue weighted by Crippen LogP contribution is -2.55. The predicted molar refractivity (Wildman–Crippen MR) is 83.5 cm³/mol. The van der Waals surface area contributed by atoms with Crippen molar-refractivity contribution in [2.45, 2.75) is 50.6 Å². The van der Waals surface area contributed by atoms with E-state index in [9.17, 15) is 14.7 Å². The number of hydrogen-bond donors (Lipinski definition) is 2. The number of hydrogen-bond acceptors (Lipinski definition) is 4. The highest BCUT2D eigenvalue weighted by atomic mass is 32.2. The fourth-order valence-electron chi connectivity index (χ4n) is 3.07. The predicted octanol–water partition coefficient (Wildman–Crippen LogP) is 1.42. The molecule has 2 heterocycles. The number of nitrogens with zero attached hydrogens (tertiary/aromatic N) is 2. The van der Waals surface area contributed by atoms with Gasteiger partial charge in [-0.25, -0.2) is 9.59 Å². The van der Waals surface area contributed by atoms with Crippen LogP contribution in [-0.2, 0) is 4.79 Å². The Labute approximate surface area is 130 Å². The highest BCUT2D eigenvalue weighted by Crippen LogP contribution is 2.31. The molecule has 2 amide bonds. The number of thioether (sulfide) groups is 1. The van der Waals surface area contributed by atoms with E-state index < -0.39 is 12.0 Å². The Morgan fingerprint density at radius 1 is 1.38 bits per heavy atom. The second kappa shape index (κ2) is 7.35. The molecule has 0 spiro atoms. The molecule has 2 fully saturated rings. The number of aliphatic carboxylic acids is 1. The van der Waals surface area contributed by atoms with E-state index >= 15 is 0 Å². The van der Waals surface area contributed by atoms with Crippen molar-refractivity contribution >= 4 is 23.8 Å². The number of carbonyl (C=O) groups is 2. The number of nitrogens with one attached hydrogen (secondary N) is 1. The number of piperidine rings is 1. The lowest BCUT2D eigenvalue weighted by Gasteiger charge is -2.39. The molecule has 7 heteroatoms. The molecule has 2 aliphatic rings. The van der Waals surface area contributed by atoms with Gasteiger partial charge in [-0.15, -0.1) is 11.8 Å². The van der Waals surface area contributed by atoms with Gasteiger partial charge in [-0.3, -0.25) is 4.90 Å². The number of amides is 2. The first kappa shape index (κ1) is 16.4. The van der Waals surface area contributed by atoms with Crippen molar-refractivity contribution in [2.75, 3.05) is 25.4 Å². The summed E-state index contributed by atoms with van der Waals surface area (Å²) in [5.74, 6) is -0.420. The summed E-state index contributed by atoms with van der Waals surface area (Å²) in [5.41, 5.74) is 0. The first-order chi connectivity index (χ1) is 10.1. The summed E-state index contributed by atoms with van der Waals surface area (Å²) >= 11 is 1.54. The lowest BCUT2D eigenvalue weighted by molar-refractivity contribution is -0.141. The van der Waals surface area contributed by atoms with E-state index in [1.54, 1.807) is 4.90 Å². The second-order valence-electron chi connectivity index (χ2n) is 5.65. The summed E-state index contributed by atoms with van der Waals surface area (Å²) in [6, 6.07) is -0.571. The molecule has 2 unspecified atom stereocenters. The van der Waals surface area contributed by atoms with E-state index in [0.29, 0.717) is 12.3 Å². The van der Waals surface area contributed by atoms with E-state index in [2.05, 4.69) is 12.2 Å². The molecule has 120 valence electrons. The monoisotopic (exact) mass is 315 g/mol. The Bertz CT molecular complexity index is 388. The Morgan fingerprint density at radius 2 is 2.05 bits per heavy atom. The SMILES string of the molecule is CCCN(C(=O)N1C(C)SCC1C(=O)O)C1CCNCC1. The average Bonchev–Trinajstić information content (AvgIpc) is 2.87. The molecule has 2 N–H and O–H groups in total. The summed E-state index contributed by atoms with van der Waals surface area (Å²) in [6.07, 6.45) is 2.78. The maximum Gasteiger partial charge on any atom is 0.327 e. The van der Waals surface area contributed by atoms with Crippen LogP contribution in [0.1, 0.15) is 33.1 Å². The number of rotatable bonds is 4. The van der Waals surface area contributed by atoms with Gasteiger partial charge in [0.15, 0.2) is 0 Å². The van der Waals surface area contributed by atoms with Crippen LogP contribution in [0.5, 0.6) is 0 Å². The summed E-state index contributed by atoms with van der Waals surface area (Å²) in [7, 11) is 0. The van der Waals surface area contributed by atoms with E-state index in [4.69, 9.17) is 0 Å². The number of urea groups is 1. The summed E-state index contributed by atoms with van der Waals surface area (Å²) < 4.78 is 0. The molecule has 21 heavy (non-hydrogen) atoms. The smallest absolute Gasteiger partial charge is 0.327 e. The zero-order valence-electron chi connectivity index (χ0n) is 12.7. The largest absolute Gasteiger partial charge is 0.480 e. The lowest BCUT2D eigenvalue weighted by atomic mass is 10.0. The van der Waals surface area contributed by atoms with Crippen molar-refractivity contribution in [1.82, 2.24) is 15.1 Å². The van der Waals surface area contributed by atoms with E-state index in [1.807, 2.05) is 11.8 Å². The van der Waals surface area contributed by atoms with Gasteiger partial charge in [0.05, 0.1) is 5.37 Å². The van der Waals surface area contributed by atoms with E-state index in [0.717, 1.165) is 32.4 Å². The molecular formula is C14H25N3O3S. The summed E-state index contributed by atoms with van der Waals surface area (Å²) in [6.45, 7) is 6.51. The van der Waals surface area contributed by atoms with Crippen LogP contribution >= 0.6 is 11.8 Å². The van der Waals surface area contributed by atoms with Gasteiger partial charge < -0.3 is 15.3 Å². The highest BCUT2D eigenvalue weighted by Gasteiger charge is 2.42. The van der Waals surface area contributed by atoms with Gasteiger partial charge in [0.25, 0.3) is 0 Å². The standard InChI is InChI=1S/C14H25N3O3S/c1-3-8-16(11-4-6-15-7-5-11)14(20)17-10(2)21-9-12(17)13(18)19/h10-12,15H,3-9H2,1-2H3,(H,18,19). The van der Waals surface area contributed by atoms with Crippen LogP contribution in [0.25, 0.3) is 0 Å². The van der Waals surface area contributed by atoms with Crippen molar-refractivity contribution in [3.8, 4) is 0 Å². The first-order valence-electron chi connectivity index (χ1n) is 7.70. The molecule has 6 nitrogen and oxygen atoms in total. The maximum atomic E-state index is 12.9. The van der Waals surface area contributed by atoms with Crippen molar-refractivity contribution in [2.24, 2.45) is 0 Å². The zero-order valence-corrected chi connectivity index (χ0v) is 13.6. The van der Waals surface area contributed by atoms with Crippen LogP contribution in [0, 0.1) is 0 Å². The molecule has 0 saturated carbocycles. The molecule has 2 aliphatic heterocycles. The molecule has 0 radical (unpaired) electrons. The van der Waals surface area contributed by atoms with Gasteiger partial charge in [-0.05, 0) is 39.3 Å². The van der Waals surface area contributed by atoms with Crippen LogP contribution in [0.3, 0.4) is 0 Å². The topological polar surface area (TPSA) is 72.9 Å². The van der Waals surface area contributed by atoms with Crippen LogP contribution in [0.2, 0.25) is 0 Å². The first-order valence-corrected chi connectivity index (χ1v) is 8.75. The van der Waals surface area contributed by atoms with Gasteiger partial charge >= 0.3 is 12.0 Å². The minimum atomic E-state index is -0.901. The molecular weight excluding hydrogens is 290 g/mol. The normalized spacial score (nSPS) is 26.9. The van der Waals surface area contributed by atoms with Gasteiger partial charge in [0, 0.05) is 18.3 Å². The fraction of sp³-hybridized carbons (Fsp3) is 0.857. The third-order valence-corrected chi connectivity index (χ3v) is 5.41. The minimum absolute atomic E-state index is 0.0697. The minimum Gasteiger partial charge on any atom is -0.480 e. The number of carboxylic acid groups (broad SMARTS) is 1. The molecule has 0 aliphatic carbocycles. The number of carboxylic acids is 1. The average molecular weight is 315 g/mol. The van der Waals surface area contributed by atoms with Crippen LogP contribution in [0.15, 0.2) is 0 Å². The Morgan fingerprint density at radius 3 is 2.62 bits per heavy atom. The van der Waals surface area contributed by atoms with Gasteiger partial charge in [0.2, 0.25) is 0 Å². The summed E-state index contributed by atoms with van der Waals surface area (Å²) in [5, 5.41) is 12.6. The van der Waals surface area contributed by atoms with Crippen LogP contribution in [-0.4, -0.2) is 69.8 Å². The molecule has 2 saturated heterocycles. The zero-order chi connectivity index (χ0) is 15.4. The van der Waals surface area contributed by atoms with E-state index in [-0.39, 0.29) is 17.4 Å². The Kier molecular flexibility index (Phi) is 5.75. The maximum absolute atomic E-state index is 12.9. The second-order valence-corrected chi connectivity index (χ2v) is 7.00. The van der Waals surface area contributed by atoms with Gasteiger partial charge in [-0.1, -0.05) is 6.92 Å². The van der Waals surface area contributed by atoms with E-state index in [1.165, 1.54) is 11.8 Å². The van der Waals surface area contributed by atoms with Gasteiger partial charge in [-0.2, -0.15) is 0 Å². The molecule has 2 atom stereocenters. The molecule has 0 aromatic rings. The fourth-order valence-corrected chi connectivity index (χ4v) is 4.23. The molecule has 0 aromatic heterocycles. The number of carbonyl (C=O) groups excluding carboxylic acids is 1. The molecule has 2 rings (SSSR count). The quantitative estimate of drug-likeness (QED) is 0.821. The third-order valence-electron chi connectivity index (χ3n) is 4.19. The van der Waals surface area contributed by atoms with Crippen LogP contribution < -0.4 is 5.32 Å². The van der Waals surface area contributed by atoms with Crippen molar-refractivity contribution in [1.29, 1.82) is 0 Å². The molecule has 0 aromatic carbocycles. The Hall–Kier alpha value is -0.950. The third kappa shape index (κ3) is 3.63. The molecule has 0 bridgehead atoms. The van der Waals surface area contributed by atoms with Crippen molar-refractivity contribution in [3.05, 3.63) is 0 Å². The summed E-state index contributed by atoms with van der Waals surface area (Å²) in [4.78, 5) is 27.8. The highest BCUT2D eigenvalue weighted by molar-refractivity contribution is 8.00. The van der Waals surface area contributed by atoms with Crippen LogP contribution in [0.4, 0.5) is 4.79 Å². The van der Waals surface area contributed by atoms with Crippen molar-refractivity contribution < 1.29 is 14.7 Å². The van der Waals surface area contributed by atoms with Crippen molar-refractivity contribution in [3.63, 3.8) is 0 Å². The Balaban J connectivity index is 2.14. The van der Waals surface area contributed by atoms with Gasteiger partial charge in [0.1, 0.15) is 6.04 Å².